The monoisotopic (exact) mass is 227 g/mol. The SMILES string of the molecule is CNCC(C)CN1CC(C(N)=O)CCC1C. The molecule has 3 atom stereocenters. The Hall–Kier alpha value is -0.610. The van der Waals surface area contributed by atoms with Gasteiger partial charge in [0.2, 0.25) is 5.91 Å². The number of likely N-dealkylation sites (tertiary alicyclic amines) is 1. The first-order valence-electron chi connectivity index (χ1n) is 6.22. The Labute approximate surface area is 98.6 Å². The van der Waals surface area contributed by atoms with E-state index in [4.69, 9.17) is 5.73 Å². The predicted molar refractivity (Wildman–Crippen MR) is 66.0 cm³/mol. The summed E-state index contributed by atoms with van der Waals surface area (Å²) in [5.74, 6) is 0.523. The number of rotatable bonds is 5. The summed E-state index contributed by atoms with van der Waals surface area (Å²) in [6.07, 6.45) is 2.04. The van der Waals surface area contributed by atoms with Crippen molar-refractivity contribution in [2.24, 2.45) is 17.6 Å². The van der Waals surface area contributed by atoms with E-state index in [0.29, 0.717) is 12.0 Å². The second-order valence-corrected chi connectivity index (χ2v) is 5.14. The molecule has 4 heteroatoms. The van der Waals surface area contributed by atoms with Gasteiger partial charge in [0.05, 0.1) is 5.92 Å². The molecule has 0 bridgehead atoms. The molecule has 0 radical (unpaired) electrons. The Balaban J connectivity index is 2.46. The van der Waals surface area contributed by atoms with Gasteiger partial charge in [-0.05, 0) is 39.3 Å². The fourth-order valence-electron chi connectivity index (χ4n) is 2.48. The van der Waals surface area contributed by atoms with Crippen molar-refractivity contribution >= 4 is 5.91 Å². The smallest absolute Gasteiger partial charge is 0.221 e. The molecule has 0 spiro atoms. The highest BCUT2D eigenvalue weighted by Gasteiger charge is 2.28. The van der Waals surface area contributed by atoms with Crippen LogP contribution in [0.2, 0.25) is 0 Å². The highest BCUT2D eigenvalue weighted by molar-refractivity contribution is 5.76. The molecular formula is C12H25N3O. The third-order valence-electron chi connectivity index (χ3n) is 3.51. The van der Waals surface area contributed by atoms with Crippen molar-refractivity contribution in [3.8, 4) is 0 Å². The Kier molecular flexibility index (Phi) is 5.22. The van der Waals surface area contributed by atoms with Gasteiger partial charge < -0.3 is 11.1 Å². The number of carbonyl (C=O) groups is 1. The van der Waals surface area contributed by atoms with Crippen molar-refractivity contribution in [3.63, 3.8) is 0 Å². The minimum Gasteiger partial charge on any atom is -0.369 e. The van der Waals surface area contributed by atoms with Crippen LogP contribution in [0.4, 0.5) is 0 Å². The lowest BCUT2D eigenvalue weighted by Crippen LogP contribution is -2.47. The van der Waals surface area contributed by atoms with Crippen LogP contribution in [0.1, 0.15) is 26.7 Å². The summed E-state index contributed by atoms with van der Waals surface area (Å²) in [4.78, 5) is 13.6. The molecule has 1 rings (SSSR count). The van der Waals surface area contributed by atoms with E-state index in [0.717, 1.165) is 32.5 Å². The van der Waals surface area contributed by atoms with Gasteiger partial charge in [-0.3, -0.25) is 9.69 Å². The van der Waals surface area contributed by atoms with Crippen LogP contribution in [-0.2, 0) is 4.79 Å². The van der Waals surface area contributed by atoms with E-state index >= 15 is 0 Å². The minimum absolute atomic E-state index is 0.0537. The molecule has 0 aliphatic carbocycles. The summed E-state index contributed by atoms with van der Waals surface area (Å²) in [5, 5.41) is 3.19. The maximum absolute atomic E-state index is 11.2. The zero-order valence-corrected chi connectivity index (χ0v) is 10.7. The molecule has 16 heavy (non-hydrogen) atoms. The summed E-state index contributed by atoms with van der Waals surface area (Å²) >= 11 is 0. The molecule has 1 aliphatic rings. The van der Waals surface area contributed by atoms with Crippen LogP contribution in [0.25, 0.3) is 0 Å². The normalized spacial score (nSPS) is 28.9. The Morgan fingerprint density at radius 1 is 1.56 bits per heavy atom. The van der Waals surface area contributed by atoms with Crippen LogP contribution in [0, 0.1) is 11.8 Å². The van der Waals surface area contributed by atoms with Crippen LogP contribution in [0.5, 0.6) is 0 Å². The molecule has 4 nitrogen and oxygen atoms in total. The van der Waals surface area contributed by atoms with E-state index in [9.17, 15) is 4.79 Å². The van der Waals surface area contributed by atoms with Crippen molar-refractivity contribution in [1.29, 1.82) is 0 Å². The Morgan fingerprint density at radius 3 is 2.81 bits per heavy atom. The Morgan fingerprint density at radius 2 is 2.25 bits per heavy atom. The number of amides is 1. The molecule has 1 aliphatic heterocycles. The van der Waals surface area contributed by atoms with E-state index in [-0.39, 0.29) is 11.8 Å². The maximum Gasteiger partial charge on any atom is 0.221 e. The maximum atomic E-state index is 11.2. The third-order valence-corrected chi connectivity index (χ3v) is 3.51. The predicted octanol–water partition coefficient (Wildman–Crippen LogP) is 0.428. The van der Waals surface area contributed by atoms with Crippen molar-refractivity contribution in [2.75, 3.05) is 26.7 Å². The van der Waals surface area contributed by atoms with Crippen LogP contribution >= 0.6 is 0 Å². The topological polar surface area (TPSA) is 58.4 Å². The average molecular weight is 227 g/mol. The number of hydrogen-bond acceptors (Lipinski definition) is 3. The quantitative estimate of drug-likeness (QED) is 0.716. The molecule has 1 saturated heterocycles. The molecule has 3 N–H and O–H groups in total. The highest BCUT2D eigenvalue weighted by atomic mass is 16.1. The molecular weight excluding hydrogens is 202 g/mol. The number of piperidine rings is 1. The van der Waals surface area contributed by atoms with Crippen LogP contribution in [-0.4, -0.2) is 43.5 Å². The van der Waals surface area contributed by atoms with Crippen LogP contribution in [0.15, 0.2) is 0 Å². The summed E-state index contributed by atoms with van der Waals surface area (Å²) in [6.45, 7) is 7.38. The second-order valence-electron chi connectivity index (χ2n) is 5.14. The summed E-state index contributed by atoms with van der Waals surface area (Å²) < 4.78 is 0. The van der Waals surface area contributed by atoms with Crippen LogP contribution < -0.4 is 11.1 Å². The Bertz CT molecular complexity index is 232. The molecule has 0 aromatic rings. The van der Waals surface area contributed by atoms with Crippen molar-refractivity contribution in [3.05, 3.63) is 0 Å². The summed E-state index contributed by atoms with van der Waals surface area (Å²) in [7, 11) is 1.97. The van der Waals surface area contributed by atoms with E-state index in [2.05, 4.69) is 24.1 Å². The van der Waals surface area contributed by atoms with E-state index in [1.807, 2.05) is 7.05 Å². The van der Waals surface area contributed by atoms with Gasteiger partial charge in [-0.1, -0.05) is 6.92 Å². The number of primary amides is 1. The molecule has 1 fully saturated rings. The van der Waals surface area contributed by atoms with Gasteiger partial charge >= 0.3 is 0 Å². The number of nitrogens with zero attached hydrogens (tertiary/aromatic N) is 1. The molecule has 0 aromatic heterocycles. The summed E-state index contributed by atoms with van der Waals surface area (Å²) in [5.41, 5.74) is 5.39. The zero-order chi connectivity index (χ0) is 12.1. The van der Waals surface area contributed by atoms with Gasteiger partial charge in [0.1, 0.15) is 0 Å². The standard InChI is InChI=1S/C12H25N3O/c1-9(6-14-3)7-15-8-11(12(13)16)5-4-10(15)2/h9-11,14H,4-8H2,1-3H3,(H2,13,16). The van der Waals surface area contributed by atoms with E-state index in [1.165, 1.54) is 0 Å². The molecule has 0 saturated carbocycles. The van der Waals surface area contributed by atoms with Gasteiger partial charge in [0.25, 0.3) is 0 Å². The number of hydrogen-bond donors (Lipinski definition) is 2. The molecule has 0 aromatic carbocycles. The largest absolute Gasteiger partial charge is 0.369 e. The lowest BCUT2D eigenvalue weighted by atomic mass is 9.92. The van der Waals surface area contributed by atoms with Crippen molar-refractivity contribution in [1.82, 2.24) is 10.2 Å². The number of carbonyl (C=O) groups excluding carboxylic acids is 1. The highest BCUT2D eigenvalue weighted by Crippen LogP contribution is 2.22. The number of nitrogens with two attached hydrogens (primary N) is 1. The first-order chi connectivity index (χ1) is 7.54. The fraction of sp³-hybridized carbons (Fsp3) is 0.917. The lowest BCUT2D eigenvalue weighted by molar-refractivity contribution is -0.124. The van der Waals surface area contributed by atoms with Crippen molar-refractivity contribution < 1.29 is 4.79 Å². The van der Waals surface area contributed by atoms with E-state index in [1.54, 1.807) is 0 Å². The fourth-order valence-corrected chi connectivity index (χ4v) is 2.48. The average Bonchev–Trinajstić information content (AvgIpc) is 2.21. The molecule has 3 unspecified atom stereocenters. The van der Waals surface area contributed by atoms with Crippen molar-refractivity contribution in [2.45, 2.75) is 32.7 Å². The number of nitrogens with one attached hydrogen (secondary N) is 1. The first-order valence-corrected chi connectivity index (χ1v) is 6.22. The van der Waals surface area contributed by atoms with Gasteiger partial charge in [-0.15, -0.1) is 0 Å². The van der Waals surface area contributed by atoms with Gasteiger partial charge in [-0.2, -0.15) is 0 Å². The molecule has 94 valence electrons. The second kappa shape index (κ2) is 6.21. The third kappa shape index (κ3) is 3.76. The summed E-state index contributed by atoms with van der Waals surface area (Å²) in [6, 6.07) is 0.579. The van der Waals surface area contributed by atoms with Gasteiger partial charge in [0, 0.05) is 19.1 Å². The van der Waals surface area contributed by atoms with Crippen LogP contribution in [0.3, 0.4) is 0 Å². The zero-order valence-electron chi connectivity index (χ0n) is 10.7. The van der Waals surface area contributed by atoms with Gasteiger partial charge in [0.15, 0.2) is 0 Å². The van der Waals surface area contributed by atoms with Gasteiger partial charge in [-0.25, -0.2) is 0 Å². The first kappa shape index (κ1) is 13.5. The molecule has 1 amide bonds. The molecule has 1 heterocycles. The lowest BCUT2D eigenvalue weighted by Gasteiger charge is -2.38. The minimum atomic E-state index is -0.141. The van der Waals surface area contributed by atoms with E-state index < -0.39 is 0 Å².